The Hall–Kier alpha value is -1.51. The van der Waals surface area contributed by atoms with Crippen LogP contribution in [0.3, 0.4) is 0 Å². The van der Waals surface area contributed by atoms with Crippen molar-refractivity contribution in [3.05, 3.63) is 29.3 Å². The van der Waals surface area contributed by atoms with Crippen molar-refractivity contribution in [1.29, 1.82) is 0 Å². The van der Waals surface area contributed by atoms with E-state index >= 15 is 0 Å². The van der Waals surface area contributed by atoms with Gasteiger partial charge in [0.1, 0.15) is 11.9 Å². The number of fused-ring (bicyclic) bond motifs is 1. The topological polar surface area (TPSA) is 38.3 Å². The summed E-state index contributed by atoms with van der Waals surface area (Å²) < 4.78 is 5.62. The number of carbonyl (C=O) groups is 1. The highest BCUT2D eigenvalue weighted by atomic mass is 16.5. The van der Waals surface area contributed by atoms with E-state index < -0.39 is 0 Å². The molecule has 1 aliphatic rings. The van der Waals surface area contributed by atoms with Crippen LogP contribution >= 0.6 is 0 Å². The van der Waals surface area contributed by atoms with Gasteiger partial charge in [-0.25, -0.2) is 0 Å². The van der Waals surface area contributed by atoms with Crippen LogP contribution in [0, 0.1) is 6.92 Å². The summed E-state index contributed by atoms with van der Waals surface area (Å²) in [6, 6.07) is 5.62. The van der Waals surface area contributed by atoms with Crippen molar-refractivity contribution in [2.45, 2.75) is 20.0 Å². The molecule has 0 aliphatic carbocycles. The fourth-order valence-electron chi connectivity index (χ4n) is 1.50. The quantitative estimate of drug-likeness (QED) is 0.675. The fraction of sp³-hybridized carbons (Fsp3) is 0.364. The minimum absolute atomic E-state index is 0.0296. The third-order valence-electron chi connectivity index (χ3n) is 2.26. The second-order valence-electron chi connectivity index (χ2n) is 3.64. The van der Waals surface area contributed by atoms with Crippen LogP contribution in [0.15, 0.2) is 18.2 Å². The Balaban J connectivity index is 2.47. The van der Waals surface area contributed by atoms with E-state index in [2.05, 4.69) is 5.32 Å². The molecular weight excluding hydrogens is 178 g/mol. The van der Waals surface area contributed by atoms with Crippen molar-refractivity contribution in [1.82, 2.24) is 5.32 Å². The highest BCUT2D eigenvalue weighted by molar-refractivity contribution is 5.97. The first-order chi connectivity index (χ1) is 6.66. The number of nitrogens with one attached hydrogen (secondary N) is 1. The van der Waals surface area contributed by atoms with Crippen LogP contribution < -0.4 is 10.1 Å². The molecule has 0 fully saturated rings. The molecule has 0 radical (unpaired) electrons. The van der Waals surface area contributed by atoms with Gasteiger partial charge in [-0.3, -0.25) is 4.79 Å². The Morgan fingerprint density at radius 1 is 1.50 bits per heavy atom. The minimum atomic E-state index is -0.0515. The average molecular weight is 191 g/mol. The van der Waals surface area contributed by atoms with Crippen LogP contribution in [0.2, 0.25) is 0 Å². The molecule has 1 heterocycles. The minimum Gasteiger partial charge on any atom is -0.488 e. The summed E-state index contributed by atoms with van der Waals surface area (Å²) in [6.07, 6.45) is 0.0296. The molecule has 3 heteroatoms. The summed E-state index contributed by atoms with van der Waals surface area (Å²) in [7, 11) is 0. The van der Waals surface area contributed by atoms with E-state index in [0.29, 0.717) is 17.9 Å². The average Bonchev–Trinajstić information content (AvgIpc) is 2.26. The monoisotopic (exact) mass is 191 g/mol. The maximum atomic E-state index is 11.6. The van der Waals surface area contributed by atoms with Crippen LogP contribution in [0.1, 0.15) is 22.8 Å². The molecule has 14 heavy (non-hydrogen) atoms. The van der Waals surface area contributed by atoms with Crippen LogP contribution in [0.5, 0.6) is 5.75 Å². The summed E-state index contributed by atoms with van der Waals surface area (Å²) in [4.78, 5) is 11.6. The first-order valence-electron chi connectivity index (χ1n) is 4.72. The molecule has 1 aromatic rings. The van der Waals surface area contributed by atoms with Crippen molar-refractivity contribution < 1.29 is 9.53 Å². The molecule has 1 aromatic carbocycles. The van der Waals surface area contributed by atoms with E-state index in [9.17, 15) is 4.79 Å². The van der Waals surface area contributed by atoms with E-state index in [1.54, 1.807) is 6.07 Å². The van der Waals surface area contributed by atoms with E-state index in [0.717, 1.165) is 5.56 Å². The summed E-state index contributed by atoms with van der Waals surface area (Å²) in [5.74, 6) is 0.636. The number of hydrogen-bond donors (Lipinski definition) is 1. The van der Waals surface area contributed by atoms with Crippen LogP contribution in [-0.2, 0) is 0 Å². The van der Waals surface area contributed by atoms with Gasteiger partial charge in [0.05, 0.1) is 12.1 Å². The SMILES string of the molecule is Cc1ccc2c(c1)O[C@H](C)CNC2=O. The molecule has 0 bridgehead atoms. The van der Waals surface area contributed by atoms with Crippen molar-refractivity contribution >= 4 is 5.91 Å². The van der Waals surface area contributed by atoms with E-state index in [1.807, 2.05) is 26.0 Å². The normalized spacial score (nSPS) is 20.4. The number of rotatable bonds is 0. The molecule has 0 saturated carbocycles. The second-order valence-corrected chi connectivity index (χ2v) is 3.64. The smallest absolute Gasteiger partial charge is 0.255 e. The molecule has 0 aromatic heterocycles. The summed E-state index contributed by atoms with van der Waals surface area (Å²) >= 11 is 0. The number of amides is 1. The molecule has 1 aliphatic heterocycles. The summed E-state index contributed by atoms with van der Waals surface area (Å²) in [5.41, 5.74) is 1.73. The molecule has 2 rings (SSSR count). The largest absolute Gasteiger partial charge is 0.488 e. The van der Waals surface area contributed by atoms with E-state index in [4.69, 9.17) is 4.74 Å². The number of benzene rings is 1. The Labute approximate surface area is 83.1 Å². The second kappa shape index (κ2) is 3.33. The van der Waals surface area contributed by atoms with E-state index in [1.165, 1.54) is 0 Å². The number of carbonyl (C=O) groups excluding carboxylic acids is 1. The number of ether oxygens (including phenoxy) is 1. The summed E-state index contributed by atoms with van der Waals surface area (Å²) in [6.45, 7) is 4.49. The third-order valence-corrected chi connectivity index (χ3v) is 2.26. The molecule has 74 valence electrons. The van der Waals surface area contributed by atoms with Gasteiger partial charge in [0.25, 0.3) is 5.91 Å². The van der Waals surface area contributed by atoms with Gasteiger partial charge in [0.15, 0.2) is 0 Å². The molecular formula is C11H13NO2. The van der Waals surface area contributed by atoms with Gasteiger partial charge in [0, 0.05) is 0 Å². The van der Waals surface area contributed by atoms with Crippen molar-refractivity contribution in [2.75, 3.05) is 6.54 Å². The van der Waals surface area contributed by atoms with Crippen molar-refractivity contribution in [3.8, 4) is 5.75 Å². The predicted octanol–water partition coefficient (Wildman–Crippen LogP) is 1.51. The molecule has 0 unspecified atom stereocenters. The highest BCUT2D eigenvalue weighted by Gasteiger charge is 2.19. The van der Waals surface area contributed by atoms with Gasteiger partial charge in [-0.1, -0.05) is 6.07 Å². The first-order valence-corrected chi connectivity index (χ1v) is 4.72. The van der Waals surface area contributed by atoms with Crippen LogP contribution in [0.4, 0.5) is 0 Å². The van der Waals surface area contributed by atoms with Gasteiger partial charge in [-0.2, -0.15) is 0 Å². The number of aryl methyl sites for hydroxylation is 1. The molecule has 1 N–H and O–H groups in total. The molecule has 3 nitrogen and oxygen atoms in total. The van der Waals surface area contributed by atoms with Crippen LogP contribution in [0.25, 0.3) is 0 Å². The van der Waals surface area contributed by atoms with Crippen molar-refractivity contribution in [2.24, 2.45) is 0 Å². The summed E-state index contributed by atoms with van der Waals surface area (Å²) in [5, 5.41) is 2.81. The molecule has 1 amide bonds. The lowest BCUT2D eigenvalue weighted by Gasteiger charge is -2.11. The van der Waals surface area contributed by atoms with Gasteiger partial charge < -0.3 is 10.1 Å². The zero-order valence-electron chi connectivity index (χ0n) is 8.33. The maximum absolute atomic E-state index is 11.6. The van der Waals surface area contributed by atoms with Crippen LogP contribution in [-0.4, -0.2) is 18.6 Å². The van der Waals surface area contributed by atoms with Gasteiger partial charge in [-0.15, -0.1) is 0 Å². The van der Waals surface area contributed by atoms with E-state index in [-0.39, 0.29) is 12.0 Å². The van der Waals surface area contributed by atoms with Crippen molar-refractivity contribution in [3.63, 3.8) is 0 Å². The molecule has 1 atom stereocenters. The maximum Gasteiger partial charge on any atom is 0.255 e. The number of hydrogen-bond acceptors (Lipinski definition) is 2. The Morgan fingerprint density at radius 2 is 2.29 bits per heavy atom. The zero-order valence-corrected chi connectivity index (χ0v) is 8.33. The van der Waals surface area contributed by atoms with Gasteiger partial charge >= 0.3 is 0 Å². The molecule has 0 saturated heterocycles. The lowest BCUT2D eigenvalue weighted by atomic mass is 10.1. The highest BCUT2D eigenvalue weighted by Crippen LogP contribution is 2.23. The van der Waals surface area contributed by atoms with Gasteiger partial charge in [0.2, 0.25) is 0 Å². The third kappa shape index (κ3) is 1.58. The lowest BCUT2D eigenvalue weighted by molar-refractivity contribution is 0.0952. The Bertz CT molecular complexity index is 374. The zero-order chi connectivity index (χ0) is 10.1. The fourth-order valence-corrected chi connectivity index (χ4v) is 1.50. The standard InChI is InChI=1S/C11H13NO2/c1-7-3-4-9-10(5-7)14-8(2)6-12-11(9)13/h3-5,8H,6H2,1-2H3,(H,12,13)/t8-/m1/s1. The Morgan fingerprint density at radius 3 is 3.07 bits per heavy atom. The first kappa shape index (κ1) is 9.06. The molecule has 0 spiro atoms. The van der Waals surface area contributed by atoms with Gasteiger partial charge in [-0.05, 0) is 31.5 Å². The lowest BCUT2D eigenvalue weighted by Crippen LogP contribution is -2.29. The predicted molar refractivity (Wildman–Crippen MR) is 53.6 cm³/mol. The Kier molecular flexibility index (Phi) is 2.15.